The number of ether oxygens (including phenoxy) is 7. The van der Waals surface area contributed by atoms with Crippen molar-refractivity contribution in [3.63, 3.8) is 0 Å². The molecular formula is C111H159ClN5O8+5. The Balaban J connectivity index is 0.000000242. The van der Waals surface area contributed by atoms with E-state index in [1.54, 1.807) is 7.11 Å². The average molecular weight is 1730 g/mol. The van der Waals surface area contributed by atoms with Crippen molar-refractivity contribution in [2.75, 3.05) is 179 Å². The number of unbranched alkanes of at least 4 members (excludes halogenated alkanes) is 10. The Kier molecular flexibility index (Phi) is 43.8. The zero-order valence-electron chi connectivity index (χ0n) is 80.6. The van der Waals surface area contributed by atoms with Crippen molar-refractivity contribution in [3.05, 3.63) is 326 Å². The minimum Gasteiger partial charge on any atom is -0.494 e. The van der Waals surface area contributed by atoms with Crippen molar-refractivity contribution >= 4 is 11.6 Å². The Bertz CT molecular complexity index is 4300. The molecule has 14 heteroatoms. The first-order valence-electron chi connectivity index (χ1n) is 45.9. The number of aliphatic hydroxyl groups is 1. The molecule has 0 saturated heterocycles. The van der Waals surface area contributed by atoms with E-state index >= 15 is 0 Å². The van der Waals surface area contributed by atoms with Crippen molar-refractivity contribution in [1.82, 2.24) is 0 Å². The summed E-state index contributed by atoms with van der Waals surface area (Å²) < 4.78 is 47.8. The van der Waals surface area contributed by atoms with Gasteiger partial charge in [0.25, 0.3) is 0 Å². The van der Waals surface area contributed by atoms with Crippen molar-refractivity contribution in [3.8, 4) is 28.7 Å². The molecule has 0 amide bonds. The largest absolute Gasteiger partial charge is 0.494 e. The Morgan fingerprint density at radius 3 is 0.592 bits per heavy atom. The van der Waals surface area contributed by atoms with E-state index < -0.39 is 6.10 Å². The highest BCUT2D eigenvalue weighted by molar-refractivity contribution is 6.22. The van der Waals surface area contributed by atoms with Crippen LogP contribution in [-0.2, 0) is 9.47 Å². The van der Waals surface area contributed by atoms with Crippen LogP contribution >= 0.6 is 11.6 Å². The monoisotopic (exact) mass is 1730 g/mol. The first-order chi connectivity index (χ1) is 59.4. The van der Waals surface area contributed by atoms with Crippen LogP contribution in [0, 0.1) is 34.6 Å². The number of hydrogen-bond acceptors (Lipinski definition) is 8. The Hall–Kier alpha value is -8.83. The summed E-state index contributed by atoms with van der Waals surface area (Å²) in [4.78, 5) is 0. The highest BCUT2D eigenvalue weighted by atomic mass is 35.5. The predicted molar refractivity (Wildman–Crippen MR) is 525 cm³/mol. The smallest absolute Gasteiger partial charge is 0.119 e. The van der Waals surface area contributed by atoms with E-state index in [4.69, 9.17) is 44.8 Å². The lowest BCUT2D eigenvalue weighted by Crippen LogP contribution is -2.35. The maximum absolute atomic E-state index is 10.5. The molecule has 678 valence electrons. The van der Waals surface area contributed by atoms with Crippen LogP contribution in [0.1, 0.15) is 210 Å². The summed E-state index contributed by atoms with van der Waals surface area (Å²) in [7, 11) is 35.3. The molecule has 0 aliphatic carbocycles. The van der Waals surface area contributed by atoms with E-state index in [1.807, 2.05) is 79.7 Å². The number of hydrogen-bond donors (Lipinski definition) is 1. The minimum atomic E-state index is -0.592. The van der Waals surface area contributed by atoms with E-state index in [1.165, 1.54) is 130 Å². The van der Waals surface area contributed by atoms with Gasteiger partial charge in [0, 0.05) is 7.11 Å². The van der Waals surface area contributed by atoms with Crippen LogP contribution in [0.3, 0.4) is 0 Å². The Labute approximate surface area is 761 Å². The van der Waals surface area contributed by atoms with Gasteiger partial charge in [-0.1, -0.05) is 210 Å². The third-order valence-electron chi connectivity index (χ3n) is 22.0. The van der Waals surface area contributed by atoms with Crippen molar-refractivity contribution in [2.45, 2.75) is 161 Å². The normalized spacial score (nSPS) is 13.0. The molecule has 1 N–H and O–H groups in total. The number of benzene rings is 10. The Morgan fingerprint density at radius 1 is 0.224 bits per heavy atom. The summed E-state index contributed by atoms with van der Waals surface area (Å²) in [6.07, 6.45) is 16.4. The molecule has 10 aromatic rings. The molecule has 0 aromatic heterocycles. The topological polar surface area (TPSA) is 84.8 Å². The van der Waals surface area contributed by atoms with E-state index in [9.17, 15) is 5.11 Å². The number of halogens is 1. The van der Waals surface area contributed by atoms with Crippen LogP contribution in [0.15, 0.2) is 243 Å². The number of aliphatic hydroxyl groups excluding tert-OH is 1. The summed E-state index contributed by atoms with van der Waals surface area (Å²) in [6, 6.07) is 83.4. The van der Waals surface area contributed by atoms with Gasteiger partial charge in [0.2, 0.25) is 0 Å². The highest BCUT2D eigenvalue weighted by Crippen LogP contribution is 2.39. The molecule has 0 saturated carbocycles. The van der Waals surface area contributed by atoms with Crippen molar-refractivity contribution < 1.29 is 60.7 Å². The third-order valence-corrected chi connectivity index (χ3v) is 22.5. The van der Waals surface area contributed by atoms with Crippen molar-refractivity contribution in [1.29, 1.82) is 0 Å². The third kappa shape index (κ3) is 42.1. The SMILES string of the molecule is COC(c1ccc(C)cc1)c1ccc(OCCCCC[N+](C)(C)C)cc1.Cc1ccc(C(Cl)c2ccc(OCCCCC[N+](C)(C)C)cc2)cc1.Cc1ccc(C(O)c2ccc(OCCCCC[N+](C)(C)C)cc2)cc1.Cc1ccc(C(OC(c2ccc(C)cc2)c2ccc(OCCCCC[N+](C)(C)C)cc2)c2ccc(OCCCCC[N+](C)(C)C)cc2)cc1. The van der Waals surface area contributed by atoms with Gasteiger partial charge in [0.05, 0.1) is 177 Å². The first-order valence-corrected chi connectivity index (χ1v) is 46.4. The fourth-order valence-electron chi connectivity index (χ4n) is 14.4. The van der Waals surface area contributed by atoms with Gasteiger partial charge in [-0.15, -0.1) is 11.6 Å². The molecule has 0 heterocycles. The first kappa shape index (κ1) is 103. The second kappa shape index (κ2) is 53.1. The summed E-state index contributed by atoms with van der Waals surface area (Å²) >= 11 is 6.59. The van der Waals surface area contributed by atoms with Gasteiger partial charge < -0.3 is 60.7 Å². The molecule has 5 atom stereocenters. The van der Waals surface area contributed by atoms with E-state index in [2.05, 4.69) is 303 Å². The zero-order valence-corrected chi connectivity index (χ0v) is 81.3. The number of nitrogens with zero attached hydrogens (tertiary/aromatic N) is 5. The minimum absolute atomic E-state index is 0.0415. The molecule has 0 fully saturated rings. The molecule has 13 nitrogen and oxygen atoms in total. The lowest BCUT2D eigenvalue weighted by molar-refractivity contribution is -0.870. The predicted octanol–water partition coefficient (Wildman–Crippen LogP) is 24.6. The zero-order chi connectivity index (χ0) is 90.8. The van der Waals surface area contributed by atoms with Gasteiger partial charge in [0.15, 0.2) is 0 Å². The van der Waals surface area contributed by atoms with Crippen LogP contribution in [-0.4, -0.2) is 206 Å². The van der Waals surface area contributed by atoms with Gasteiger partial charge in [-0.05, 0) is 247 Å². The van der Waals surface area contributed by atoms with E-state index in [0.717, 1.165) is 166 Å². The average Bonchev–Trinajstić information content (AvgIpc) is 0.811. The molecule has 0 aliphatic heterocycles. The van der Waals surface area contributed by atoms with Crippen LogP contribution in [0.25, 0.3) is 0 Å². The fraction of sp³-hybridized carbons (Fsp3) is 0.459. The van der Waals surface area contributed by atoms with Gasteiger partial charge in [-0.3, -0.25) is 0 Å². The number of quaternary nitrogens is 5. The van der Waals surface area contributed by atoms with Crippen LogP contribution in [0.5, 0.6) is 28.7 Å². The second-order valence-electron chi connectivity index (χ2n) is 39.3. The number of aryl methyl sites for hydroxylation is 5. The van der Waals surface area contributed by atoms with Gasteiger partial charge in [-0.25, -0.2) is 0 Å². The lowest BCUT2D eigenvalue weighted by atomic mass is 9.97. The molecule has 0 bridgehead atoms. The van der Waals surface area contributed by atoms with Crippen LogP contribution < -0.4 is 23.7 Å². The molecule has 0 radical (unpaired) electrons. The van der Waals surface area contributed by atoms with Crippen LogP contribution in [0.4, 0.5) is 0 Å². The molecular weight excluding hydrogens is 1570 g/mol. The van der Waals surface area contributed by atoms with Crippen LogP contribution in [0.2, 0.25) is 0 Å². The second-order valence-corrected chi connectivity index (χ2v) is 39.7. The van der Waals surface area contributed by atoms with E-state index in [0.29, 0.717) is 0 Å². The lowest BCUT2D eigenvalue weighted by Gasteiger charge is -2.27. The maximum atomic E-state index is 10.5. The Morgan fingerprint density at radius 2 is 0.392 bits per heavy atom. The number of rotatable bonds is 48. The molecule has 10 aromatic carbocycles. The summed E-state index contributed by atoms with van der Waals surface area (Å²) in [5.41, 5.74) is 16.9. The summed E-state index contributed by atoms with van der Waals surface area (Å²) in [5, 5.41) is 10.3. The molecule has 0 spiro atoms. The number of alkyl halides is 1. The number of methoxy groups -OCH3 is 1. The maximum Gasteiger partial charge on any atom is 0.119 e. The molecule has 10 rings (SSSR count). The van der Waals surface area contributed by atoms with Gasteiger partial charge in [-0.2, -0.15) is 0 Å². The molecule has 125 heavy (non-hydrogen) atoms. The molecule has 5 unspecified atom stereocenters. The standard InChI is InChI=1S/C44H62N2O3.C23H34NO2.C22H31ClNO.C22H32NO2/c1-35-15-19-37(20-16-35)43(39-23-27-41(28-24-39)47-33-13-9-11-31-45(3,4)5)49-44(38-21-17-36(2)18-22-38)40-25-29-42(30-26-40)48-34-14-10-12-32-46(6,7)8;1-19-9-11-20(12-10-19)23(25-5)21-13-15-22(16-14-21)26-18-8-6-7-17-24(2,3)4;1-18-8-10-19(11-9-18)22(23)20-12-14-21(15-13-20)25-17-7-5-6-16-24(2,3)4;1-18-8-10-19(11-9-18)22(24)20-12-14-21(15-13-20)25-17-7-5-6-16-23(2,3)4/h15-30,43-44H,9-14,31-34H2,1-8H3;9-16,23H,6-8,17-18H2,1-5H3;8-15,22H,5-7,16-17H2,1-4H3;8-15,22,24H,5-7,16-17H2,1-4H3/q+2;3*+1. The van der Waals surface area contributed by atoms with E-state index in [-0.39, 0.29) is 23.7 Å². The van der Waals surface area contributed by atoms with Gasteiger partial charge in [0.1, 0.15) is 53.2 Å². The quantitative estimate of drug-likeness (QED) is 0.0229. The summed E-state index contributed by atoms with van der Waals surface area (Å²) in [5.74, 6) is 4.52. The highest BCUT2D eigenvalue weighted by Gasteiger charge is 2.25. The van der Waals surface area contributed by atoms with Crippen molar-refractivity contribution in [2.24, 2.45) is 0 Å². The fourth-order valence-corrected chi connectivity index (χ4v) is 14.7. The summed E-state index contributed by atoms with van der Waals surface area (Å²) in [6.45, 7) is 20.3. The molecule has 0 aliphatic rings. The van der Waals surface area contributed by atoms with Gasteiger partial charge >= 0.3 is 0 Å².